The lowest BCUT2D eigenvalue weighted by Gasteiger charge is -2.09. The Bertz CT molecular complexity index is 714. The zero-order valence-corrected chi connectivity index (χ0v) is 14.4. The van der Waals surface area contributed by atoms with E-state index in [2.05, 4.69) is 15.6 Å². The van der Waals surface area contributed by atoms with Gasteiger partial charge in [-0.3, -0.25) is 14.6 Å². The third-order valence-corrected chi connectivity index (χ3v) is 3.55. The van der Waals surface area contributed by atoms with E-state index in [9.17, 15) is 9.59 Å². The van der Waals surface area contributed by atoms with Crippen molar-refractivity contribution in [1.29, 1.82) is 0 Å². The predicted molar refractivity (Wildman–Crippen MR) is 94.0 cm³/mol. The molecule has 1 aromatic carbocycles. The van der Waals surface area contributed by atoms with Gasteiger partial charge in [-0.2, -0.15) is 0 Å². The fourth-order valence-electron chi connectivity index (χ4n) is 1.97. The molecule has 2 amide bonds. The first-order chi connectivity index (χ1) is 11.5. The fraction of sp³-hybridized carbons (Fsp3) is 0.278. The summed E-state index contributed by atoms with van der Waals surface area (Å²) >= 11 is 5.83. The Kier molecular flexibility index (Phi) is 6.32. The molecular formula is C18H20ClN3O2. The number of aromatic nitrogens is 1. The Morgan fingerprint density at radius 3 is 2.21 bits per heavy atom. The molecule has 0 unspecified atom stereocenters. The van der Waals surface area contributed by atoms with Gasteiger partial charge < -0.3 is 10.6 Å². The predicted octanol–water partition coefficient (Wildman–Crippen LogP) is 3.05. The zero-order valence-electron chi connectivity index (χ0n) is 13.7. The van der Waals surface area contributed by atoms with E-state index >= 15 is 0 Å². The van der Waals surface area contributed by atoms with Gasteiger partial charge in [0.2, 0.25) is 0 Å². The molecule has 24 heavy (non-hydrogen) atoms. The van der Waals surface area contributed by atoms with Crippen LogP contribution < -0.4 is 10.6 Å². The number of nitrogens with one attached hydrogen (secondary N) is 2. The van der Waals surface area contributed by atoms with Crippen molar-refractivity contribution in [2.24, 2.45) is 5.92 Å². The molecule has 0 radical (unpaired) electrons. The van der Waals surface area contributed by atoms with Gasteiger partial charge in [0.15, 0.2) is 0 Å². The fourth-order valence-corrected chi connectivity index (χ4v) is 2.10. The van der Waals surface area contributed by atoms with Crippen molar-refractivity contribution in [3.05, 3.63) is 64.4 Å². The smallest absolute Gasteiger partial charge is 0.253 e. The second-order valence-electron chi connectivity index (χ2n) is 5.88. The summed E-state index contributed by atoms with van der Waals surface area (Å²) in [6.45, 7) is 4.98. The van der Waals surface area contributed by atoms with Crippen molar-refractivity contribution in [2.75, 3.05) is 6.54 Å². The molecule has 2 N–H and O–H groups in total. The minimum atomic E-state index is -0.282. The number of hydrogen-bond donors (Lipinski definition) is 2. The highest BCUT2D eigenvalue weighted by Crippen LogP contribution is 2.10. The van der Waals surface area contributed by atoms with Crippen LogP contribution in [0.15, 0.2) is 42.7 Å². The summed E-state index contributed by atoms with van der Waals surface area (Å²) in [6, 6.07) is 8.77. The first-order valence-corrected chi connectivity index (χ1v) is 8.09. The maximum absolute atomic E-state index is 12.2. The molecule has 2 aromatic rings. The molecule has 0 saturated heterocycles. The van der Waals surface area contributed by atoms with Gasteiger partial charge in [0.25, 0.3) is 11.8 Å². The molecule has 6 heteroatoms. The average molecular weight is 346 g/mol. The van der Waals surface area contributed by atoms with Gasteiger partial charge in [0.05, 0.1) is 11.1 Å². The molecule has 0 spiro atoms. The van der Waals surface area contributed by atoms with E-state index in [1.54, 1.807) is 18.2 Å². The van der Waals surface area contributed by atoms with Crippen LogP contribution in [0.5, 0.6) is 0 Å². The highest BCUT2D eigenvalue weighted by molar-refractivity contribution is 6.30. The number of nitrogens with zero attached hydrogens (tertiary/aromatic N) is 1. The number of halogens is 1. The van der Waals surface area contributed by atoms with E-state index in [4.69, 9.17) is 11.6 Å². The number of carbonyl (C=O) groups excluding carboxylic acids is 2. The Morgan fingerprint density at radius 2 is 1.62 bits per heavy atom. The minimum Gasteiger partial charge on any atom is -0.352 e. The molecule has 1 aromatic heterocycles. The number of hydrogen-bond acceptors (Lipinski definition) is 3. The quantitative estimate of drug-likeness (QED) is 0.845. The van der Waals surface area contributed by atoms with Crippen LogP contribution >= 0.6 is 11.6 Å². The third-order valence-electron chi connectivity index (χ3n) is 3.30. The van der Waals surface area contributed by atoms with Crippen molar-refractivity contribution in [2.45, 2.75) is 20.4 Å². The maximum Gasteiger partial charge on any atom is 0.253 e. The van der Waals surface area contributed by atoms with Crippen LogP contribution in [0.2, 0.25) is 5.02 Å². The standard InChI is InChI=1S/C18H20ClN3O2/c1-12(2)8-21-17(23)14-7-15(11-20-10-14)18(24)22-9-13-3-5-16(19)6-4-13/h3-7,10-12H,8-9H2,1-2H3,(H,21,23)(H,22,24). The molecule has 126 valence electrons. The molecule has 0 atom stereocenters. The lowest BCUT2D eigenvalue weighted by molar-refractivity contribution is 0.0948. The summed E-state index contributed by atoms with van der Waals surface area (Å²) in [7, 11) is 0. The van der Waals surface area contributed by atoms with Crippen molar-refractivity contribution >= 4 is 23.4 Å². The Labute approximate surface area is 146 Å². The molecule has 2 rings (SSSR count). The SMILES string of the molecule is CC(C)CNC(=O)c1cncc(C(=O)NCc2ccc(Cl)cc2)c1. The summed E-state index contributed by atoms with van der Waals surface area (Å²) < 4.78 is 0. The summed E-state index contributed by atoms with van der Waals surface area (Å²) in [5.41, 5.74) is 1.66. The monoisotopic (exact) mass is 345 g/mol. The first-order valence-electron chi connectivity index (χ1n) is 7.71. The van der Waals surface area contributed by atoms with Gasteiger partial charge in [-0.15, -0.1) is 0 Å². The Hall–Kier alpha value is -2.40. The van der Waals surface area contributed by atoms with Gasteiger partial charge in [-0.25, -0.2) is 0 Å². The number of carbonyl (C=O) groups is 2. The molecule has 0 aliphatic rings. The average Bonchev–Trinajstić information content (AvgIpc) is 2.59. The van der Waals surface area contributed by atoms with E-state index in [0.717, 1.165) is 5.56 Å². The number of benzene rings is 1. The topological polar surface area (TPSA) is 71.1 Å². The zero-order chi connectivity index (χ0) is 17.5. The second kappa shape index (κ2) is 8.45. The van der Waals surface area contributed by atoms with Gasteiger partial charge in [0, 0.05) is 30.5 Å². The Morgan fingerprint density at radius 1 is 1.04 bits per heavy atom. The van der Waals surface area contributed by atoms with E-state index in [1.807, 2.05) is 26.0 Å². The van der Waals surface area contributed by atoms with Crippen LogP contribution in [0, 0.1) is 5.92 Å². The molecule has 0 bridgehead atoms. The summed E-state index contributed by atoms with van der Waals surface area (Å²) in [6.07, 6.45) is 2.89. The van der Waals surface area contributed by atoms with Gasteiger partial charge in [-0.1, -0.05) is 37.6 Å². The van der Waals surface area contributed by atoms with E-state index in [1.165, 1.54) is 12.4 Å². The minimum absolute atomic E-state index is 0.233. The molecule has 5 nitrogen and oxygen atoms in total. The largest absolute Gasteiger partial charge is 0.352 e. The summed E-state index contributed by atoms with van der Waals surface area (Å²) in [5.74, 6) is -0.160. The molecule has 0 aliphatic heterocycles. The first kappa shape index (κ1) is 17.9. The molecule has 1 heterocycles. The lowest BCUT2D eigenvalue weighted by atomic mass is 10.1. The number of amides is 2. The third kappa shape index (κ3) is 5.35. The van der Waals surface area contributed by atoms with Crippen LogP contribution in [0.4, 0.5) is 0 Å². The molecule has 0 saturated carbocycles. The van der Waals surface area contributed by atoms with Crippen molar-refractivity contribution in [1.82, 2.24) is 15.6 Å². The van der Waals surface area contributed by atoms with Crippen LogP contribution in [0.1, 0.15) is 40.1 Å². The molecule has 0 fully saturated rings. The van der Waals surface area contributed by atoms with Crippen LogP contribution in [0.25, 0.3) is 0 Å². The van der Waals surface area contributed by atoms with Crippen LogP contribution in [-0.4, -0.2) is 23.3 Å². The highest BCUT2D eigenvalue weighted by Gasteiger charge is 2.11. The van der Waals surface area contributed by atoms with E-state index in [0.29, 0.717) is 35.2 Å². The second-order valence-corrected chi connectivity index (χ2v) is 6.31. The number of pyridine rings is 1. The van der Waals surface area contributed by atoms with Crippen molar-refractivity contribution in [3.63, 3.8) is 0 Å². The van der Waals surface area contributed by atoms with E-state index in [-0.39, 0.29) is 11.8 Å². The van der Waals surface area contributed by atoms with Crippen LogP contribution in [-0.2, 0) is 6.54 Å². The summed E-state index contributed by atoms with van der Waals surface area (Å²) in [5, 5.41) is 6.25. The maximum atomic E-state index is 12.2. The molecule has 0 aliphatic carbocycles. The van der Waals surface area contributed by atoms with Gasteiger partial charge in [0.1, 0.15) is 0 Å². The normalized spacial score (nSPS) is 10.5. The lowest BCUT2D eigenvalue weighted by Crippen LogP contribution is -2.28. The van der Waals surface area contributed by atoms with Gasteiger partial charge >= 0.3 is 0 Å². The van der Waals surface area contributed by atoms with Crippen LogP contribution in [0.3, 0.4) is 0 Å². The van der Waals surface area contributed by atoms with Crippen molar-refractivity contribution < 1.29 is 9.59 Å². The molecular weight excluding hydrogens is 326 g/mol. The van der Waals surface area contributed by atoms with Gasteiger partial charge in [-0.05, 0) is 29.7 Å². The van der Waals surface area contributed by atoms with Crippen molar-refractivity contribution in [3.8, 4) is 0 Å². The highest BCUT2D eigenvalue weighted by atomic mass is 35.5. The van der Waals surface area contributed by atoms with E-state index < -0.39 is 0 Å². The Balaban J connectivity index is 1.98. The number of rotatable bonds is 6. The summed E-state index contributed by atoms with van der Waals surface area (Å²) in [4.78, 5) is 28.2.